The van der Waals surface area contributed by atoms with Crippen LogP contribution in [-0.2, 0) is 4.74 Å². The van der Waals surface area contributed by atoms with E-state index in [0.29, 0.717) is 0 Å². The van der Waals surface area contributed by atoms with Gasteiger partial charge in [0, 0.05) is 19.9 Å². The molecule has 0 spiro atoms. The minimum Gasteiger partial charge on any atom is -0.476 e. The van der Waals surface area contributed by atoms with Crippen molar-refractivity contribution in [1.29, 1.82) is 0 Å². The molecule has 0 aliphatic rings. The van der Waals surface area contributed by atoms with Crippen molar-refractivity contribution >= 4 is 17.7 Å². The Morgan fingerprint density at radius 3 is 2.74 bits per heavy atom. The van der Waals surface area contributed by atoms with Gasteiger partial charge in [0.15, 0.2) is 5.69 Å². The zero-order valence-electron chi connectivity index (χ0n) is 11.1. The van der Waals surface area contributed by atoms with Crippen LogP contribution in [0.2, 0.25) is 0 Å². The molecule has 7 heteroatoms. The lowest BCUT2D eigenvalue weighted by molar-refractivity contribution is 0.0257. The van der Waals surface area contributed by atoms with E-state index in [-0.39, 0.29) is 17.9 Å². The number of anilines is 1. The molecular formula is C12H17N3O4. The number of carboxylic acid groups (broad SMARTS) is 1. The van der Waals surface area contributed by atoms with Crippen LogP contribution in [0.3, 0.4) is 0 Å². The van der Waals surface area contributed by atoms with Crippen LogP contribution in [-0.4, -0.2) is 41.3 Å². The van der Waals surface area contributed by atoms with Gasteiger partial charge in [0.1, 0.15) is 0 Å². The largest absolute Gasteiger partial charge is 0.476 e. The molecule has 1 aromatic rings. The number of methoxy groups -OCH3 is 1. The summed E-state index contributed by atoms with van der Waals surface area (Å²) >= 11 is 0. The van der Waals surface area contributed by atoms with Gasteiger partial charge in [-0.25, -0.2) is 14.6 Å². The number of aromatic carboxylic acids is 1. The summed E-state index contributed by atoms with van der Waals surface area (Å²) in [6, 6.07) is 2.50. The van der Waals surface area contributed by atoms with Gasteiger partial charge < -0.3 is 20.5 Å². The highest BCUT2D eigenvalue weighted by atomic mass is 16.5. The Kier molecular flexibility index (Phi) is 4.82. The van der Waals surface area contributed by atoms with E-state index < -0.39 is 17.6 Å². The Morgan fingerprint density at radius 1 is 1.47 bits per heavy atom. The molecule has 0 aliphatic heterocycles. The van der Waals surface area contributed by atoms with Crippen LogP contribution in [0.15, 0.2) is 18.3 Å². The average Bonchev–Trinajstić information content (AvgIpc) is 2.37. The molecule has 1 rings (SSSR count). The minimum atomic E-state index is -1.20. The summed E-state index contributed by atoms with van der Waals surface area (Å²) in [5.74, 6) is -1.20. The van der Waals surface area contributed by atoms with E-state index >= 15 is 0 Å². The maximum Gasteiger partial charge on any atom is 0.356 e. The van der Waals surface area contributed by atoms with E-state index in [1.807, 2.05) is 13.8 Å². The van der Waals surface area contributed by atoms with Gasteiger partial charge in [-0.2, -0.15) is 0 Å². The van der Waals surface area contributed by atoms with Crippen LogP contribution < -0.4 is 10.6 Å². The lowest BCUT2D eigenvalue weighted by Gasteiger charge is -2.23. The quantitative estimate of drug-likeness (QED) is 0.747. The number of aromatic nitrogens is 1. The van der Waals surface area contributed by atoms with Gasteiger partial charge in [-0.05, 0) is 26.0 Å². The number of ether oxygens (including phenoxy) is 1. The maximum absolute atomic E-state index is 11.7. The van der Waals surface area contributed by atoms with Gasteiger partial charge in [-0.3, -0.25) is 0 Å². The number of nitrogens with zero attached hydrogens (tertiary/aromatic N) is 1. The van der Waals surface area contributed by atoms with Crippen molar-refractivity contribution in [3.63, 3.8) is 0 Å². The second kappa shape index (κ2) is 6.14. The smallest absolute Gasteiger partial charge is 0.356 e. The topological polar surface area (TPSA) is 101 Å². The zero-order chi connectivity index (χ0) is 14.5. The second-order valence-corrected chi connectivity index (χ2v) is 4.48. The molecular weight excluding hydrogens is 250 g/mol. The summed E-state index contributed by atoms with van der Waals surface area (Å²) in [5.41, 5.74) is -0.562. The number of hydrogen-bond donors (Lipinski definition) is 3. The Balaban J connectivity index is 2.65. The van der Waals surface area contributed by atoms with Crippen LogP contribution in [0.1, 0.15) is 24.3 Å². The molecule has 3 N–H and O–H groups in total. The fraction of sp³-hybridized carbons (Fsp3) is 0.417. The van der Waals surface area contributed by atoms with E-state index in [0.717, 1.165) is 0 Å². The average molecular weight is 267 g/mol. The summed E-state index contributed by atoms with van der Waals surface area (Å²) in [7, 11) is 1.54. The third kappa shape index (κ3) is 4.55. The first kappa shape index (κ1) is 14.9. The highest BCUT2D eigenvalue weighted by Gasteiger charge is 2.18. The molecule has 0 radical (unpaired) electrons. The second-order valence-electron chi connectivity index (χ2n) is 4.48. The van der Waals surface area contributed by atoms with Gasteiger partial charge in [-0.15, -0.1) is 0 Å². The van der Waals surface area contributed by atoms with Crippen molar-refractivity contribution in [3.05, 3.63) is 24.0 Å². The third-order valence-electron chi connectivity index (χ3n) is 2.49. The van der Waals surface area contributed by atoms with E-state index in [2.05, 4.69) is 15.6 Å². The van der Waals surface area contributed by atoms with E-state index in [9.17, 15) is 9.59 Å². The Bertz CT molecular complexity index is 474. The van der Waals surface area contributed by atoms with Crippen molar-refractivity contribution in [2.24, 2.45) is 0 Å². The molecule has 0 saturated carbocycles. The molecule has 0 aliphatic carbocycles. The van der Waals surface area contributed by atoms with Crippen LogP contribution in [0, 0.1) is 0 Å². The molecule has 0 saturated heterocycles. The lowest BCUT2D eigenvalue weighted by atomic mass is 10.1. The molecule has 0 unspecified atom stereocenters. The number of nitrogens with one attached hydrogen (secondary N) is 2. The lowest BCUT2D eigenvalue weighted by Crippen LogP contribution is -2.41. The summed E-state index contributed by atoms with van der Waals surface area (Å²) < 4.78 is 5.15. The van der Waals surface area contributed by atoms with E-state index in [1.165, 1.54) is 12.3 Å². The number of carboxylic acids is 1. The van der Waals surface area contributed by atoms with Crippen LogP contribution in [0.25, 0.3) is 0 Å². The van der Waals surface area contributed by atoms with Crippen LogP contribution in [0.4, 0.5) is 10.5 Å². The molecule has 1 aromatic heterocycles. The molecule has 1 heterocycles. The zero-order valence-corrected chi connectivity index (χ0v) is 11.1. The first-order valence-corrected chi connectivity index (χ1v) is 5.64. The monoisotopic (exact) mass is 267 g/mol. The summed E-state index contributed by atoms with van der Waals surface area (Å²) in [5, 5.41) is 14.0. The molecule has 19 heavy (non-hydrogen) atoms. The summed E-state index contributed by atoms with van der Waals surface area (Å²) in [6.45, 7) is 3.93. The predicted octanol–water partition coefficient (Wildman–Crippen LogP) is 1.33. The fourth-order valence-electron chi connectivity index (χ4n) is 1.21. The Labute approximate surface area is 111 Å². The standard InChI is InChI=1S/C12H17N3O4/c1-12(2,19-3)7-14-11(18)15-8-5-4-6-13-9(8)10(16)17/h4-6H,7H2,1-3H3,(H,16,17)(H2,14,15,18). The first-order chi connectivity index (χ1) is 8.85. The number of pyridine rings is 1. The van der Waals surface area contributed by atoms with E-state index in [1.54, 1.807) is 13.2 Å². The number of carbonyl (C=O) groups is 2. The van der Waals surface area contributed by atoms with Gasteiger partial charge in [-0.1, -0.05) is 0 Å². The fourth-order valence-corrected chi connectivity index (χ4v) is 1.21. The van der Waals surface area contributed by atoms with E-state index in [4.69, 9.17) is 9.84 Å². The van der Waals surface area contributed by atoms with Crippen molar-refractivity contribution in [2.75, 3.05) is 19.0 Å². The molecule has 0 fully saturated rings. The van der Waals surface area contributed by atoms with Gasteiger partial charge in [0.05, 0.1) is 11.3 Å². The normalized spacial score (nSPS) is 10.9. The molecule has 7 nitrogen and oxygen atoms in total. The van der Waals surface area contributed by atoms with Crippen LogP contribution >= 0.6 is 0 Å². The van der Waals surface area contributed by atoms with Crippen molar-refractivity contribution in [3.8, 4) is 0 Å². The Morgan fingerprint density at radius 2 is 2.16 bits per heavy atom. The minimum absolute atomic E-state index is 0.141. The summed E-state index contributed by atoms with van der Waals surface area (Å²) in [4.78, 5) is 26.3. The molecule has 0 atom stereocenters. The van der Waals surface area contributed by atoms with Gasteiger partial charge >= 0.3 is 12.0 Å². The molecule has 0 aromatic carbocycles. The Hall–Kier alpha value is -2.15. The highest BCUT2D eigenvalue weighted by molar-refractivity contribution is 5.98. The molecule has 2 amide bonds. The third-order valence-corrected chi connectivity index (χ3v) is 2.49. The molecule has 104 valence electrons. The summed E-state index contributed by atoms with van der Waals surface area (Å²) in [6.07, 6.45) is 1.35. The number of hydrogen-bond acceptors (Lipinski definition) is 4. The van der Waals surface area contributed by atoms with Gasteiger partial charge in [0.25, 0.3) is 0 Å². The number of urea groups is 1. The number of carbonyl (C=O) groups excluding carboxylic acids is 1. The maximum atomic E-state index is 11.7. The van der Waals surface area contributed by atoms with Crippen molar-refractivity contribution in [1.82, 2.24) is 10.3 Å². The predicted molar refractivity (Wildman–Crippen MR) is 69.3 cm³/mol. The number of amides is 2. The van der Waals surface area contributed by atoms with Crippen molar-refractivity contribution in [2.45, 2.75) is 19.4 Å². The first-order valence-electron chi connectivity index (χ1n) is 5.64. The highest BCUT2D eigenvalue weighted by Crippen LogP contribution is 2.12. The van der Waals surface area contributed by atoms with Gasteiger partial charge in [0.2, 0.25) is 0 Å². The van der Waals surface area contributed by atoms with Crippen LogP contribution in [0.5, 0.6) is 0 Å². The molecule has 0 bridgehead atoms. The van der Waals surface area contributed by atoms with Crippen molar-refractivity contribution < 1.29 is 19.4 Å². The SMILES string of the molecule is COC(C)(C)CNC(=O)Nc1cccnc1C(=O)O. The number of rotatable bonds is 5.